The standard InChI is InChI=1S/C12H8ClN3O/c1-8-2-3-11(10(13)4-8)17-12-7-15-9(5-14)6-16-12/h2-4,6-7H,1H3. The maximum Gasteiger partial charge on any atom is 0.237 e. The summed E-state index contributed by atoms with van der Waals surface area (Å²) in [5, 5.41) is 9.09. The second-order valence-corrected chi connectivity index (χ2v) is 3.79. The predicted octanol–water partition coefficient (Wildman–Crippen LogP) is 3.10. The number of aryl methyl sites for hydroxylation is 1. The van der Waals surface area contributed by atoms with E-state index in [0.29, 0.717) is 16.7 Å². The molecule has 0 saturated carbocycles. The van der Waals surface area contributed by atoms with Gasteiger partial charge in [0.2, 0.25) is 5.88 Å². The second-order valence-electron chi connectivity index (χ2n) is 3.39. The van der Waals surface area contributed by atoms with Gasteiger partial charge in [-0.05, 0) is 24.6 Å². The third-order valence-electron chi connectivity index (χ3n) is 2.04. The smallest absolute Gasteiger partial charge is 0.237 e. The van der Waals surface area contributed by atoms with Gasteiger partial charge in [-0.3, -0.25) is 0 Å². The van der Waals surface area contributed by atoms with E-state index >= 15 is 0 Å². The molecule has 0 amide bonds. The first-order chi connectivity index (χ1) is 8.19. The molecule has 2 aromatic rings. The van der Waals surface area contributed by atoms with E-state index in [1.807, 2.05) is 19.1 Å². The normalized spacial score (nSPS) is 9.71. The molecule has 5 heteroatoms. The molecule has 0 bridgehead atoms. The van der Waals surface area contributed by atoms with Crippen LogP contribution in [0.4, 0.5) is 0 Å². The number of hydrogen-bond acceptors (Lipinski definition) is 4. The third-order valence-corrected chi connectivity index (χ3v) is 2.34. The van der Waals surface area contributed by atoms with Crippen molar-refractivity contribution in [3.05, 3.63) is 46.9 Å². The van der Waals surface area contributed by atoms with Gasteiger partial charge in [-0.15, -0.1) is 0 Å². The van der Waals surface area contributed by atoms with Crippen LogP contribution in [0.1, 0.15) is 11.3 Å². The molecule has 0 aliphatic heterocycles. The molecule has 84 valence electrons. The van der Waals surface area contributed by atoms with Gasteiger partial charge >= 0.3 is 0 Å². The molecule has 1 aromatic carbocycles. The molecule has 1 aromatic heterocycles. The molecular weight excluding hydrogens is 238 g/mol. The molecule has 0 atom stereocenters. The average molecular weight is 246 g/mol. The first kappa shape index (κ1) is 11.4. The van der Waals surface area contributed by atoms with E-state index < -0.39 is 0 Å². The molecule has 0 saturated heterocycles. The number of aromatic nitrogens is 2. The number of nitriles is 1. The average Bonchev–Trinajstić information content (AvgIpc) is 2.34. The first-order valence-electron chi connectivity index (χ1n) is 4.85. The van der Waals surface area contributed by atoms with Crippen LogP contribution in [0.3, 0.4) is 0 Å². The van der Waals surface area contributed by atoms with Crippen LogP contribution >= 0.6 is 11.6 Å². The second kappa shape index (κ2) is 4.81. The molecule has 0 unspecified atom stereocenters. The van der Waals surface area contributed by atoms with Crippen molar-refractivity contribution in [2.24, 2.45) is 0 Å². The summed E-state index contributed by atoms with van der Waals surface area (Å²) in [7, 11) is 0. The Morgan fingerprint density at radius 1 is 1.29 bits per heavy atom. The molecular formula is C12H8ClN3O. The lowest BCUT2D eigenvalue weighted by molar-refractivity contribution is 0.460. The van der Waals surface area contributed by atoms with Gasteiger partial charge in [-0.2, -0.15) is 5.26 Å². The topological polar surface area (TPSA) is 58.8 Å². The Morgan fingerprint density at radius 3 is 2.71 bits per heavy atom. The number of hydrogen-bond donors (Lipinski definition) is 0. The lowest BCUT2D eigenvalue weighted by atomic mass is 10.2. The third kappa shape index (κ3) is 2.71. The fourth-order valence-corrected chi connectivity index (χ4v) is 1.50. The minimum atomic E-state index is 0.243. The molecule has 17 heavy (non-hydrogen) atoms. The van der Waals surface area contributed by atoms with Crippen molar-refractivity contribution in [1.29, 1.82) is 5.26 Å². The van der Waals surface area contributed by atoms with Gasteiger partial charge < -0.3 is 4.74 Å². The van der Waals surface area contributed by atoms with Gasteiger partial charge in [0, 0.05) is 0 Å². The summed E-state index contributed by atoms with van der Waals surface area (Å²) in [5.41, 5.74) is 1.29. The molecule has 2 rings (SSSR count). The number of benzene rings is 1. The lowest BCUT2D eigenvalue weighted by Crippen LogP contribution is -1.91. The van der Waals surface area contributed by atoms with E-state index in [1.54, 1.807) is 12.1 Å². The zero-order valence-corrected chi connectivity index (χ0v) is 9.77. The Kier molecular flexibility index (Phi) is 3.22. The summed E-state index contributed by atoms with van der Waals surface area (Å²) in [6, 6.07) is 7.33. The molecule has 0 radical (unpaired) electrons. The molecule has 0 spiro atoms. The van der Waals surface area contributed by atoms with E-state index in [-0.39, 0.29) is 5.69 Å². The SMILES string of the molecule is Cc1ccc(Oc2cnc(C#N)cn2)c(Cl)c1. The van der Waals surface area contributed by atoms with Crippen LogP contribution in [0.2, 0.25) is 5.02 Å². The Labute approximate surface area is 103 Å². The fourth-order valence-electron chi connectivity index (χ4n) is 1.23. The first-order valence-corrected chi connectivity index (χ1v) is 5.23. The fraction of sp³-hybridized carbons (Fsp3) is 0.0833. The summed E-state index contributed by atoms with van der Waals surface area (Å²) in [5.74, 6) is 0.811. The maximum absolute atomic E-state index is 8.58. The molecule has 0 fully saturated rings. The largest absolute Gasteiger partial charge is 0.436 e. The minimum absolute atomic E-state index is 0.243. The number of halogens is 1. The van der Waals surface area contributed by atoms with Crippen molar-refractivity contribution in [3.8, 4) is 17.7 Å². The van der Waals surface area contributed by atoms with E-state index in [1.165, 1.54) is 12.4 Å². The zero-order chi connectivity index (χ0) is 12.3. The zero-order valence-electron chi connectivity index (χ0n) is 9.01. The van der Waals surface area contributed by atoms with Crippen LogP contribution in [-0.4, -0.2) is 9.97 Å². The van der Waals surface area contributed by atoms with E-state index in [4.69, 9.17) is 21.6 Å². The van der Waals surface area contributed by atoms with Crippen molar-refractivity contribution >= 4 is 11.6 Å². The van der Waals surface area contributed by atoms with Gasteiger partial charge in [0.1, 0.15) is 11.8 Å². The Hall–Kier alpha value is -2.12. The highest BCUT2D eigenvalue weighted by Crippen LogP contribution is 2.28. The van der Waals surface area contributed by atoms with Crippen molar-refractivity contribution < 1.29 is 4.74 Å². The van der Waals surface area contributed by atoms with Crippen LogP contribution in [-0.2, 0) is 0 Å². The number of ether oxygens (including phenoxy) is 1. The summed E-state index contributed by atoms with van der Waals surface area (Å²) in [4.78, 5) is 7.79. The van der Waals surface area contributed by atoms with Crippen LogP contribution in [0.5, 0.6) is 11.6 Å². The van der Waals surface area contributed by atoms with E-state index in [9.17, 15) is 0 Å². The van der Waals surface area contributed by atoms with Gasteiger partial charge in [0.05, 0.1) is 17.4 Å². The van der Waals surface area contributed by atoms with Crippen LogP contribution in [0.15, 0.2) is 30.6 Å². The molecule has 0 aliphatic rings. The van der Waals surface area contributed by atoms with Crippen molar-refractivity contribution in [3.63, 3.8) is 0 Å². The van der Waals surface area contributed by atoms with Crippen LogP contribution in [0, 0.1) is 18.3 Å². The van der Waals surface area contributed by atoms with Crippen LogP contribution in [0.25, 0.3) is 0 Å². The predicted molar refractivity (Wildman–Crippen MR) is 63.0 cm³/mol. The Bertz CT molecular complexity index is 575. The van der Waals surface area contributed by atoms with Gasteiger partial charge in [-0.1, -0.05) is 17.7 Å². The summed E-state index contributed by atoms with van der Waals surface area (Å²) >= 11 is 6.01. The van der Waals surface area contributed by atoms with E-state index in [2.05, 4.69) is 9.97 Å². The van der Waals surface area contributed by atoms with Gasteiger partial charge in [-0.25, -0.2) is 9.97 Å². The number of rotatable bonds is 2. The van der Waals surface area contributed by atoms with Crippen molar-refractivity contribution in [2.45, 2.75) is 6.92 Å². The molecule has 0 aliphatic carbocycles. The summed E-state index contributed by atoms with van der Waals surface area (Å²) < 4.78 is 5.45. The highest BCUT2D eigenvalue weighted by Gasteiger charge is 2.04. The van der Waals surface area contributed by atoms with Crippen LogP contribution < -0.4 is 4.74 Å². The number of nitrogens with zero attached hydrogens (tertiary/aromatic N) is 3. The maximum atomic E-state index is 8.58. The van der Waals surface area contributed by atoms with Gasteiger partial charge in [0.25, 0.3) is 0 Å². The molecule has 0 N–H and O–H groups in total. The Morgan fingerprint density at radius 2 is 2.12 bits per heavy atom. The van der Waals surface area contributed by atoms with Crippen molar-refractivity contribution in [1.82, 2.24) is 9.97 Å². The van der Waals surface area contributed by atoms with E-state index in [0.717, 1.165) is 5.56 Å². The summed E-state index contributed by atoms with van der Waals surface area (Å²) in [6.07, 6.45) is 2.73. The highest BCUT2D eigenvalue weighted by atomic mass is 35.5. The highest BCUT2D eigenvalue weighted by molar-refractivity contribution is 6.32. The van der Waals surface area contributed by atoms with Crippen molar-refractivity contribution in [2.75, 3.05) is 0 Å². The molecule has 4 nitrogen and oxygen atoms in total. The molecule has 1 heterocycles. The summed E-state index contributed by atoms with van der Waals surface area (Å²) in [6.45, 7) is 1.94. The monoisotopic (exact) mass is 245 g/mol. The Balaban J connectivity index is 2.23. The van der Waals surface area contributed by atoms with Gasteiger partial charge in [0.15, 0.2) is 5.69 Å². The lowest BCUT2D eigenvalue weighted by Gasteiger charge is -2.06. The minimum Gasteiger partial charge on any atom is -0.436 e. The quantitative estimate of drug-likeness (QED) is 0.816.